The largest absolute Gasteiger partial charge is 0.492 e. The zero-order valence-corrected chi connectivity index (χ0v) is 14.8. The monoisotopic (exact) mass is 359 g/mol. The molecule has 6 heteroatoms. The van der Waals surface area contributed by atoms with Crippen LogP contribution in [0.5, 0.6) is 5.75 Å². The van der Waals surface area contributed by atoms with Crippen molar-refractivity contribution in [1.29, 1.82) is 0 Å². The second kappa shape index (κ2) is 8.74. The van der Waals surface area contributed by atoms with Gasteiger partial charge in [-0.25, -0.2) is 4.79 Å². The van der Waals surface area contributed by atoms with Crippen LogP contribution in [0.2, 0.25) is 5.02 Å². The summed E-state index contributed by atoms with van der Waals surface area (Å²) < 4.78 is 5.73. The smallest absolute Gasteiger partial charge is 0.321 e. The molecule has 0 spiro atoms. The highest BCUT2D eigenvalue weighted by Gasteiger charge is 2.21. The lowest BCUT2D eigenvalue weighted by atomic mass is 10.3. The number of piperazine rings is 1. The van der Waals surface area contributed by atoms with Crippen molar-refractivity contribution in [2.45, 2.75) is 0 Å². The van der Waals surface area contributed by atoms with Gasteiger partial charge in [0.15, 0.2) is 0 Å². The maximum absolute atomic E-state index is 12.3. The second-order valence-electron chi connectivity index (χ2n) is 5.93. The predicted molar refractivity (Wildman–Crippen MR) is 100 cm³/mol. The molecule has 0 radical (unpaired) electrons. The first-order valence-electron chi connectivity index (χ1n) is 8.42. The summed E-state index contributed by atoms with van der Waals surface area (Å²) in [6.07, 6.45) is 0. The van der Waals surface area contributed by atoms with Gasteiger partial charge in [0.2, 0.25) is 0 Å². The molecule has 2 aromatic carbocycles. The van der Waals surface area contributed by atoms with Gasteiger partial charge in [0.1, 0.15) is 12.4 Å². The molecule has 2 aromatic rings. The van der Waals surface area contributed by atoms with Gasteiger partial charge in [-0.3, -0.25) is 4.90 Å². The fraction of sp³-hybridized carbons (Fsp3) is 0.316. The number of hydrogen-bond donors (Lipinski definition) is 1. The van der Waals surface area contributed by atoms with E-state index in [0.29, 0.717) is 24.7 Å². The molecule has 3 rings (SSSR count). The van der Waals surface area contributed by atoms with Crippen molar-refractivity contribution in [2.75, 3.05) is 44.6 Å². The molecule has 1 aliphatic heterocycles. The molecule has 0 aliphatic carbocycles. The van der Waals surface area contributed by atoms with Crippen molar-refractivity contribution >= 4 is 23.3 Å². The quantitative estimate of drug-likeness (QED) is 0.887. The zero-order valence-electron chi connectivity index (χ0n) is 14.0. The van der Waals surface area contributed by atoms with Crippen molar-refractivity contribution in [2.24, 2.45) is 0 Å². The van der Waals surface area contributed by atoms with Crippen LogP contribution in [0.15, 0.2) is 54.6 Å². The Morgan fingerprint density at radius 3 is 2.52 bits per heavy atom. The summed E-state index contributed by atoms with van der Waals surface area (Å²) in [6, 6.07) is 16.9. The first-order valence-corrected chi connectivity index (χ1v) is 8.80. The molecule has 0 saturated carbocycles. The minimum atomic E-state index is -0.0811. The van der Waals surface area contributed by atoms with Gasteiger partial charge >= 0.3 is 6.03 Å². The van der Waals surface area contributed by atoms with E-state index in [0.717, 1.165) is 31.1 Å². The molecule has 1 fully saturated rings. The molecule has 1 saturated heterocycles. The Morgan fingerprint density at radius 2 is 1.80 bits per heavy atom. The van der Waals surface area contributed by atoms with Crippen LogP contribution in [0, 0.1) is 0 Å². The van der Waals surface area contributed by atoms with E-state index >= 15 is 0 Å². The highest BCUT2D eigenvalue weighted by atomic mass is 35.5. The number of nitrogens with one attached hydrogen (secondary N) is 1. The van der Waals surface area contributed by atoms with Crippen molar-refractivity contribution in [3.05, 3.63) is 59.6 Å². The Labute approximate surface area is 153 Å². The van der Waals surface area contributed by atoms with Crippen LogP contribution < -0.4 is 10.1 Å². The summed E-state index contributed by atoms with van der Waals surface area (Å²) in [5.74, 6) is 0.891. The van der Waals surface area contributed by atoms with E-state index in [1.807, 2.05) is 47.4 Å². The number of carbonyl (C=O) groups is 1. The van der Waals surface area contributed by atoms with E-state index in [1.54, 1.807) is 12.1 Å². The number of amides is 2. The van der Waals surface area contributed by atoms with Crippen LogP contribution in [-0.4, -0.2) is 55.2 Å². The molecule has 1 N–H and O–H groups in total. The van der Waals surface area contributed by atoms with Crippen molar-refractivity contribution < 1.29 is 9.53 Å². The topological polar surface area (TPSA) is 44.8 Å². The average Bonchev–Trinajstić information content (AvgIpc) is 2.63. The van der Waals surface area contributed by atoms with Crippen molar-refractivity contribution in [3.63, 3.8) is 0 Å². The number of hydrogen-bond acceptors (Lipinski definition) is 3. The average molecular weight is 360 g/mol. The Balaban J connectivity index is 1.38. The number of ether oxygens (including phenoxy) is 1. The van der Waals surface area contributed by atoms with E-state index in [1.165, 1.54) is 0 Å². The number of urea groups is 1. The molecule has 0 atom stereocenters. The standard InChI is InChI=1S/C19H22ClN3O2/c20-16-5-4-6-17(15-16)21-19(24)23-11-9-22(10-12-23)13-14-25-18-7-2-1-3-8-18/h1-8,15H,9-14H2,(H,21,24). The molecule has 132 valence electrons. The Morgan fingerprint density at radius 1 is 1.04 bits per heavy atom. The molecule has 1 aliphatic rings. The maximum atomic E-state index is 12.3. The third-order valence-electron chi connectivity index (χ3n) is 4.15. The number of benzene rings is 2. The minimum Gasteiger partial charge on any atom is -0.492 e. The Kier molecular flexibility index (Phi) is 6.14. The minimum absolute atomic E-state index is 0.0811. The summed E-state index contributed by atoms with van der Waals surface area (Å²) in [7, 11) is 0. The van der Waals surface area contributed by atoms with Crippen LogP contribution in [0.25, 0.3) is 0 Å². The molecular weight excluding hydrogens is 338 g/mol. The number of para-hydroxylation sites is 1. The summed E-state index contributed by atoms with van der Waals surface area (Å²) in [6.45, 7) is 4.62. The van der Waals surface area contributed by atoms with Gasteiger partial charge in [-0.1, -0.05) is 35.9 Å². The Hall–Kier alpha value is -2.24. The third-order valence-corrected chi connectivity index (χ3v) is 4.39. The number of halogens is 1. The summed E-state index contributed by atoms with van der Waals surface area (Å²) in [5, 5.41) is 3.50. The van der Waals surface area contributed by atoms with Crippen LogP contribution in [0.4, 0.5) is 10.5 Å². The van der Waals surface area contributed by atoms with E-state index in [4.69, 9.17) is 16.3 Å². The summed E-state index contributed by atoms with van der Waals surface area (Å²) >= 11 is 5.94. The number of nitrogens with zero attached hydrogens (tertiary/aromatic N) is 2. The molecular formula is C19H22ClN3O2. The van der Waals surface area contributed by atoms with E-state index in [-0.39, 0.29) is 6.03 Å². The number of rotatable bonds is 5. The second-order valence-corrected chi connectivity index (χ2v) is 6.37. The highest BCUT2D eigenvalue weighted by molar-refractivity contribution is 6.30. The van der Waals surface area contributed by atoms with Crippen molar-refractivity contribution in [3.8, 4) is 5.75 Å². The normalized spacial score (nSPS) is 15.0. The molecule has 0 bridgehead atoms. The van der Waals surface area contributed by atoms with Crippen molar-refractivity contribution in [1.82, 2.24) is 9.80 Å². The first kappa shape index (κ1) is 17.6. The van der Waals surface area contributed by atoms with Crippen LogP contribution in [0.1, 0.15) is 0 Å². The van der Waals surface area contributed by atoms with Gasteiger partial charge in [-0.2, -0.15) is 0 Å². The van der Waals surface area contributed by atoms with Gasteiger partial charge in [-0.05, 0) is 30.3 Å². The lowest BCUT2D eigenvalue weighted by Gasteiger charge is -2.34. The molecule has 25 heavy (non-hydrogen) atoms. The molecule has 0 aromatic heterocycles. The fourth-order valence-electron chi connectivity index (χ4n) is 2.75. The van der Waals surface area contributed by atoms with Crippen LogP contribution in [-0.2, 0) is 0 Å². The fourth-order valence-corrected chi connectivity index (χ4v) is 2.94. The van der Waals surface area contributed by atoms with E-state index < -0.39 is 0 Å². The van der Waals surface area contributed by atoms with Crippen LogP contribution in [0.3, 0.4) is 0 Å². The molecule has 0 unspecified atom stereocenters. The lowest BCUT2D eigenvalue weighted by Crippen LogP contribution is -2.50. The first-order chi connectivity index (χ1) is 12.2. The van der Waals surface area contributed by atoms with Gasteiger partial charge in [0, 0.05) is 43.4 Å². The third kappa shape index (κ3) is 5.37. The molecule has 5 nitrogen and oxygen atoms in total. The summed E-state index contributed by atoms with van der Waals surface area (Å²) in [5.41, 5.74) is 0.719. The van der Waals surface area contributed by atoms with Gasteiger partial charge in [0.25, 0.3) is 0 Å². The van der Waals surface area contributed by atoms with Crippen LogP contribution >= 0.6 is 11.6 Å². The Bertz CT molecular complexity index is 688. The highest BCUT2D eigenvalue weighted by Crippen LogP contribution is 2.16. The lowest BCUT2D eigenvalue weighted by molar-refractivity contribution is 0.132. The van der Waals surface area contributed by atoms with Gasteiger partial charge in [-0.15, -0.1) is 0 Å². The molecule has 2 amide bonds. The number of carbonyl (C=O) groups excluding carboxylic acids is 1. The van der Waals surface area contributed by atoms with Gasteiger partial charge < -0.3 is 15.0 Å². The SMILES string of the molecule is O=C(Nc1cccc(Cl)c1)N1CCN(CCOc2ccccc2)CC1. The number of anilines is 1. The van der Waals surface area contributed by atoms with E-state index in [2.05, 4.69) is 10.2 Å². The van der Waals surface area contributed by atoms with E-state index in [9.17, 15) is 4.79 Å². The zero-order chi connectivity index (χ0) is 17.5. The summed E-state index contributed by atoms with van der Waals surface area (Å²) in [4.78, 5) is 16.5. The van der Waals surface area contributed by atoms with Gasteiger partial charge in [0.05, 0.1) is 0 Å². The molecule has 1 heterocycles. The maximum Gasteiger partial charge on any atom is 0.321 e. The predicted octanol–water partition coefficient (Wildman–Crippen LogP) is 3.57.